The lowest BCUT2D eigenvalue weighted by atomic mass is 10.1. The molecule has 2 N–H and O–H groups in total. The summed E-state index contributed by atoms with van der Waals surface area (Å²) in [6.07, 6.45) is 3.83. The van der Waals surface area contributed by atoms with Crippen molar-refractivity contribution in [3.63, 3.8) is 0 Å². The van der Waals surface area contributed by atoms with Gasteiger partial charge < -0.3 is 10.2 Å². The number of hydrogen-bond acceptors (Lipinski definition) is 4. The van der Waals surface area contributed by atoms with E-state index in [0.717, 1.165) is 29.0 Å². The van der Waals surface area contributed by atoms with Crippen molar-refractivity contribution in [3.8, 4) is 0 Å². The molecule has 0 saturated carbocycles. The van der Waals surface area contributed by atoms with Crippen LogP contribution in [-0.4, -0.2) is 15.0 Å². The van der Waals surface area contributed by atoms with Gasteiger partial charge in [-0.1, -0.05) is 18.6 Å². The number of nitrogens with two attached hydrogens (primary N) is 1. The molecule has 0 saturated heterocycles. The maximum Gasteiger partial charge on any atom is 0.169 e. The minimum absolute atomic E-state index is 0.0305. The van der Waals surface area contributed by atoms with E-state index in [1.165, 1.54) is 0 Å². The summed E-state index contributed by atoms with van der Waals surface area (Å²) in [4.78, 5) is 0. The standard InChI is InChI=1S/C11H15BrN4O/c1-2-3-9(13)10-7-16(15-14-10)6-8-4-5-11(12)17-8/h4-5,7,9H,2-3,6,13H2,1H3. The third-order valence-electron chi connectivity index (χ3n) is 2.48. The van der Waals surface area contributed by atoms with Gasteiger partial charge in [0.1, 0.15) is 12.3 Å². The fourth-order valence-electron chi connectivity index (χ4n) is 1.62. The van der Waals surface area contributed by atoms with Crippen molar-refractivity contribution in [1.82, 2.24) is 15.0 Å². The van der Waals surface area contributed by atoms with Crippen LogP contribution in [-0.2, 0) is 6.54 Å². The SMILES string of the molecule is CCCC(N)c1cn(Cc2ccc(Br)o2)nn1. The highest BCUT2D eigenvalue weighted by Gasteiger charge is 2.10. The number of furan rings is 1. The highest BCUT2D eigenvalue weighted by atomic mass is 79.9. The molecule has 92 valence electrons. The number of hydrogen-bond donors (Lipinski definition) is 1. The van der Waals surface area contributed by atoms with Gasteiger partial charge in [0, 0.05) is 0 Å². The van der Waals surface area contributed by atoms with Crippen LogP contribution in [0.1, 0.15) is 37.3 Å². The zero-order valence-electron chi connectivity index (χ0n) is 9.64. The predicted octanol–water partition coefficient (Wildman–Crippen LogP) is 2.48. The Labute approximate surface area is 108 Å². The summed E-state index contributed by atoms with van der Waals surface area (Å²) in [6, 6.07) is 3.73. The molecule has 0 aliphatic carbocycles. The molecule has 0 aromatic carbocycles. The van der Waals surface area contributed by atoms with Crippen LogP contribution in [0.15, 0.2) is 27.4 Å². The molecule has 0 aliphatic rings. The molecule has 6 heteroatoms. The molecule has 5 nitrogen and oxygen atoms in total. The Morgan fingerprint density at radius 2 is 2.35 bits per heavy atom. The second-order valence-electron chi connectivity index (χ2n) is 3.94. The van der Waals surface area contributed by atoms with Gasteiger partial charge in [-0.2, -0.15) is 0 Å². The summed E-state index contributed by atoms with van der Waals surface area (Å²) >= 11 is 3.26. The van der Waals surface area contributed by atoms with Gasteiger partial charge in [-0.05, 0) is 34.5 Å². The molecule has 0 spiro atoms. The van der Waals surface area contributed by atoms with E-state index >= 15 is 0 Å². The molecule has 1 unspecified atom stereocenters. The van der Waals surface area contributed by atoms with Crippen LogP contribution >= 0.6 is 15.9 Å². The molecular weight excluding hydrogens is 284 g/mol. The van der Waals surface area contributed by atoms with Gasteiger partial charge in [-0.25, -0.2) is 4.68 Å². The Balaban J connectivity index is 2.03. The molecule has 0 fully saturated rings. The third kappa shape index (κ3) is 3.17. The number of rotatable bonds is 5. The minimum Gasteiger partial charge on any atom is -0.452 e. The van der Waals surface area contributed by atoms with Crippen molar-refractivity contribution in [1.29, 1.82) is 0 Å². The van der Waals surface area contributed by atoms with E-state index in [4.69, 9.17) is 10.2 Å². The van der Waals surface area contributed by atoms with Crippen LogP contribution in [0, 0.1) is 0 Å². The Morgan fingerprint density at radius 3 is 3.00 bits per heavy atom. The monoisotopic (exact) mass is 298 g/mol. The van der Waals surface area contributed by atoms with Gasteiger partial charge >= 0.3 is 0 Å². The summed E-state index contributed by atoms with van der Waals surface area (Å²) < 4.78 is 7.85. The molecule has 2 rings (SSSR count). The summed E-state index contributed by atoms with van der Waals surface area (Å²) in [6.45, 7) is 2.67. The van der Waals surface area contributed by atoms with Crippen molar-refractivity contribution >= 4 is 15.9 Å². The van der Waals surface area contributed by atoms with Gasteiger partial charge in [-0.15, -0.1) is 5.10 Å². The molecule has 0 amide bonds. The van der Waals surface area contributed by atoms with Crippen molar-refractivity contribution in [3.05, 3.63) is 34.5 Å². The van der Waals surface area contributed by atoms with E-state index in [0.29, 0.717) is 6.54 Å². The average molecular weight is 299 g/mol. The fraction of sp³-hybridized carbons (Fsp3) is 0.455. The highest BCUT2D eigenvalue weighted by Crippen LogP contribution is 2.16. The molecule has 0 bridgehead atoms. The van der Waals surface area contributed by atoms with Crippen LogP contribution in [0.25, 0.3) is 0 Å². The van der Waals surface area contributed by atoms with E-state index in [1.54, 1.807) is 4.68 Å². The van der Waals surface area contributed by atoms with E-state index in [1.807, 2.05) is 18.3 Å². The van der Waals surface area contributed by atoms with Crippen molar-refractivity contribution in [2.24, 2.45) is 5.73 Å². The summed E-state index contributed by atoms with van der Waals surface area (Å²) in [5, 5.41) is 8.11. The quantitative estimate of drug-likeness (QED) is 0.920. The average Bonchev–Trinajstić information content (AvgIpc) is 2.89. The second kappa shape index (κ2) is 5.46. The molecule has 17 heavy (non-hydrogen) atoms. The van der Waals surface area contributed by atoms with E-state index in [2.05, 4.69) is 33.2 Å². The van der Waals surface area contributed by atoms with Gasteiger partial charge in [0.05, 0.1) is 17.9 Å². The third-order valence-corrected chi connectivity index (χ3v) is 2.91. The Morgan fingerprint density at radius 1 is 1.53 bits per heavy atom. The summed E-state index contributed by atoms with van der Waals surface area (Å²) in [5.74, 6) is 0.831. The van der Waals surface area contributed by atoms with E-state index in [-0.39, 0.29) is 6.04 Å². The molecule has 0 aliphatic heterocycles. The smallest absolute Gasteiger partial charge is 0.169 e. The molecule has 1 atom stereocenters. The molecule has 2 aromatic rings. The highest BCUT2D eigenvalue weighted by molar-refractivity contribution is 9.10. The molecular formula is C11H15BrN4O. The van der Waals surface area contributed by atoms with Gasteiger partial charge in [0.15, 0.2) is 4.67 Å². The minimum atomic E-state index is -0.0305. The largest absolute Gasteiger partial charge is 0.452 e. The van der Waals surface area contributed by atoms with Gasteiger partial charge in [0.2, 0.25) is 0 Å². The topological polar surface area (TPSA) is 69.9 Å². The predicted molar refractivity (Wildman–Crippen MR) is 67.4 cm³/mol. The first-order valence-corrected chi connectivity index (χ1v) is 6.38. The zero-order chi connectivity index (χ0) is 12.3. The van der Waals surface area contributed by atoms with Crippen molar-refractivity contribution in [2.75, 3.05) is 0 Å². The lowest BCUT2D eigenvalue weighted by Gasteiger charge is -2.04. The van der Waals surface area contributed by atoms with Crippen LogP contribution in [0.3, 0.4) is 0 Å². The zero-order valence-corrected chi connectivity index (χ0v) is 11.2. The normalized spacial score (nSPS) is 12.9. The molecule has 2 heterocycles. The Hall–Kier alpha value is -1.14. The molecule has 2 aromatic heterocycles. The van der Waals surface area contributed by atoms with Gasteiger partial charge in [-0.3, -0.25) is 0 Å². The van der Waals surface area contributed by atoms with Crippen LogP contribution in [0.2, 0.25) is 0 Å². The van der Waals surface area contributed by atoms with Crippen LogP contribution < -0.4 is 5.73 Å². The number of halogens is 1. The van der Waals surface area contributed by atoms with Crippen molar-refractivity contribution < 1.29 is 4.42 Å². The van der Waals surface area contributed by atoms with E-state index in [9.17, 15) is 0 Å². The first-order chi connectivity index (χ1) is 8.19. The molecule has 0 radical (unpaired) electrons. The first-order valence-electron chi connectivity index (χ1n) is 5.59. The maximum absolute atomic E-state index is 5.97. The summed E-state index contributed by atoms with van der Waals surface area (Å²) in [5.41, 5.74) is 6.80. The fourth-order valence-corrected chi connectivity index (χ4v) is 1.96. The van der Waals surface area contributed by atoms with Crippen LogP contribution in [0.5, 0.6) is 0 Å². The first kappa shape index (κ1) is 12.3. The Bertz CT molecular complexity index is 479. The van der Waals surface area contributed by atoms with E-state index < -0.39 is 0 Å². The second-order valence-corrected chi connectivity index (χ2v) is 4.72. The maximum atomic E-state index is 5.97. The number of nitrogens with zero attached hydrogens (tertiary/aromatic N) is 3. The van der Waals surface area contributed by atoms with Crippen molar-refractivity contribution in [2.45, 2.75) is 32.4 Å². The lowest BCUT2D eigenvalue weighted by molar-refractivity contribution is 0.459. The summed E-state index contributed by atoms with van der Waals surface area (Å²) in [7, 11) is 0. The van der Waals surface area contributed by atoms with Gasteiger partial charge in [0.25, 0.3) is 0 Å². The Kier molecular flexibility index (Phi) is 3.96. The number of aromatic nitrogens is 3. The lowest BCUT2D eigenvalue weighted by Crippen LogP contribution is -2.10. The van der Waals surface area contributed by atoms with Crippen LogP contribution in [0.4, 0.5) is 0 Å².